The van der Waals surface area contributed by atoms with Crippen LogP contribution in [0.5, 0.6) is 5.75 Å². The van der Waals surface area contributed by atoms with Gasteiger partial charge in [-0.05, 0) is 31.4 Å². The van der Waals surface area contributed by atoms with Gasteiger partial charge in [0.2, 0.25) is 5.91 Å². The van der Waals surface area contributed by atoms with Crippen molar-refractivity contribution in [3.8, 4) is 5.75 Å². The summed E-state index contributed by atoms with van der Waals surface area (Å²) < 4.78 is 5.91. The second kappa shape index (κ2) is 7.43. The van der Waals surface area contributed by atoms with Gasteiger partial charge in [0.1, 0.15) is 11.9 Å². The molecule has 24 heavy (non-hydrogen) atoms. The van der Waals surface area contributed by atoms with Crippen molar-refractivity contribution < 1.29 is 19.4 Å². The zero-order valence-corrected chi connectivity index (χ0v) is 14.2. The summed E-state index contributed by atoms with van der Waals surface area (Å²) in [6, 6.07) is 7.32. The third-order valence-corrected chi connectivity index (χ3v) is 5.27. The van der Waals surface area contributed by atoms with Gasteiger partial charge in [-0.15, -0.1) is 0 Å². The Morgan fingerprint density at radius 3 is 2.67 bits per heavy atom. The number of amides is 1. The minimum absolute atomic E-state index is 0.0623. The maximum absolute atomic E-state index is 12.7. The molecule has 2 aliphatic rings. The number of ether oxygens (including phenoxy) is 1. The Balaban J connectivity index is 1.56. The average Bonchev–Trinajstić information content (AvgIpc) is 3.05. The van der Waals surface area contributed by atoms with Crippen molar-refractivity contribution in [3.63, 3.8) is 0 Å². The number of rotatable bonds is 4. The number of halogens is 1. The van der Waals surface area contributed by atoms with Gasteiger partial charge in [-0.2, -0.15) is 0 Å². The molecular weight excluding hydrogens is 330 g/mol. The fourth-order valence-electron chi connectivity index (χ4n) is 3.64. The van der Waals surface area contributed by atoms with Crippen molar-refractivity contribution in [2.45, 2.75) is 38.2 Å². The number of benzene rings is 1. The fourth-order valence-corrected chi connectivity index (χ4v) is 3.82. The summed E-state index contributed by atoms with van der Waals surface area (Å²) in [5.74, 6) is -0.619. The van der Waals surface area contributed by atoms with Gasteiger partial charge >= 0.3 is 5.97 Å². The number of carbonyl (C=O) groups excluding carboxylic acids is 1. The van der Waals surface area contributed by atoms with Crippen LogP contribution in [-0.4, -0.2) is 41.1 Å². The van der Waals surface area contributed by atoms with Crippen molar-refractivity contribution in [1.82, 2.24) is 4.90 Å². The minimum Gasteiger partial charge on any atom is -0.487 e. The zero-order chi connectivity index (χ0) is 17.1. The van der Waals surface area contributed by atoms with E-state index >= 15 is 0 Å². The van der Waals surface area contributed by atoms with E-state index in [1.165, 1.54) is 0 Å². The molecule has 0 spiro atoms. The minimum atomic E-state index is -0.783. The highest BCUT2D eigenvalue weighted by Crippen LogP contribution is 2.32. The molecule has 1 amide bonds. The normalized spacial score (nSPS) is 27.0. The van der Waals surface area contributed by atoms with Crippen molar-refractivity contribution in [3.05, 3.63) is 29.3 Å². The molecule has 6 heteroatoms. The van der Waals surface area contributed by atoms with Crippen LogP contribution in [0.1, 0.15) is 32.1 Å². The van der Waals surface area contributed by atoms with E-state index in [0.717, 1.165) is 19.3 Å². The van der Waals surface area contributed by atoms with E-state index in [4.69, 9.17) is 16.3 Å². The molecule has 1 heterocycles. The molecule has 3 atom stereocenters. The van der Waals surface area contributed by atoms with Crippen LogP contribution in [-0.2, 0) is 9.59 Å². The number of hydrogen-bond donors (Lipinski definition) is 1. The van der Waals surface area contributed by atoms with Crippen molar-refractivity contribution in [2.24, 2.45) is 11.8 Å². The molecule has 3 rings (SSSR count). The number of carboxylic acid groups (broad SMARTS) is 1. The number of carbonyl (C=O) groups is 2. The summed E-state index contributed by atoms with van der Waals surface area (Å²) in [7, 11) is 0. The lowest BCUT2D eigenvalue weighted by Crippen LogP contribution is -2.38. The molecule has 130 valence electrons. The first-order chi connectivity index (χ1) is 11.5. The number of hydrogen-bond acceptors (Lipinski definition) is 3. The first kappa shape index (κ1) is 17.1. The summed E-state index contributed by atoms with van der Waals surface area (Å²) in [5, 5.41) is 9.75. The van der Waals surface area contributed by atoms with Crippen LogP contribution in [0, 0.1) is 11.8 Å². The topological polar surface area (TPSA) is 66.8 Å². The molecule has 1 aliphatic heterocycles. The van der Waals surface area contributed by atoms with Gasteiger partial charge in [0.15, 0.2) is 0 Å². The second-order valence-corrected chi connectivity index (χ2v) is 7.05. The third kappa shape index (κ3) is 3.83. The smallest absolute Gasteiger partial charge is 0.306 e. The fraction of sp³-hybridized carbons (Fsp3) is 0.556. The third-order valence-electron chi connectivity index (χ3n) is 4.96. The first-order valence-electron chi connectivity index (χ1n) is 8.47. The Labute approximate surface area is 146 Å². The molecule has 0 bridgehead atoms. The van der Waals surface area contributed by atoms with Crippen LogP contribution < -0.4 is 4.74 Å². The molecular formula is C18H22ClNO4. The predicted molar refractivity (Wildman–Crippen MR) is 90.1 cm³/mol. The molecule has 3 unspecified atom stereocenters. The average molecular weight is 352 g/mol. The summed E-state index contributed by atoms with van der Waals surface area (Å²) in [5.41, 5.74) is 0. The van der Waals surface area contributed by atoms with Crippen LogP contribution in [0.25, 0.3) is 0 Å². The van der Waals surface area contributed by atoms with Crippen molar-refractivity contribution >= 4 is 23.5 Å². The molecule has 0 radical (unpaired) electrons. The molecule has 1 N–H and O–H groups in total. The SMILES string of the molecule is O=C(O)C1CCCC(C(=O)N2CCC(Oc3ccccc3Cl)C2)C1. The largest absolute Gasteiger partial charge is 0.487 e. The highest BCUT2D eigenvalue weighted by molar-refractivity contribution is 6.32. The molecule has 1 saturated heterocycles. The Kier molecular flexibility index (Phi) is 5.29. The molecule has 5 nitrogen and oxygen atoms in total. The maximum Gasteiger partial charge on any atom is 0.306 e. The van der Waals surface area contributed by atoms with E-state index in [1.54, 1.807) is 6.07 Å². The molecule has 0 aromatic heterocycles. The molecule has 1 aromatic rings. The first-order valence-corrected chi connectivity index (χ1v) is 8.85. The highest BCUT2D eigenvalue weighted by Gasteiger charge is 2.36. The lowest BCUT2D eigenvalue weighted by Gasteiger charge is -2.29. The molecule has 1 aromatic carbocycles. The number of carboxylic acids is 1. The van der Waals surface area contributed by atoms with Crippen LogP contribution in [0.2, 0.25) is 5.02 Å². The monoisotopic (exact) mass is 351 g/mol. The Bertz CT molecular complexity index is 621. The Morgan fingerprint density at radius 1 is 1.17 bits per heavy atom. The lowest BCUT2D eigenvalue weighted by molar-refractivity contribution is -0.145. The standard InChI is InChI=1S/C18H22ClNO4/c19-15-6-1-2-7-16(15)24-14-8-9-20(11-14)17(21)12-4-3-5-13(10-12)18(22)23/h1-2,6-7,12-14H,3-5,8-11H2,(H,22,23). The maximum atomic E-state index is 12.7. The highest BCUT2D eigenvalue weighted by atomic mass is 35.5. The number of aliphatic carboxylic acids is 1. The molecule has 1 saturated carbocycles. The van der Waals surface area contributed by atoms with E-state index in [1.807, 2.05) is 23.1 Å². The Morgan fingerprint density at radius 2 is 1.92 bits per heavy atom. The quantitative estimate of drug-likeness (QED) is 0.904. The van der Waals surface area contributed by atoms with Crippen LogP contribution >= 0.6 is 11.6 Å². The van der Waals surface area contributed by atoms with Gasteiger partial charge in [0.25, 0.3) is 0 Å². The van der Waals surface area contributed by atoms with Gasteiger partial charge in [-0.1, -0.05) is 30.2 Å². The lowest BCUT2D eigenvalue weighted by atomic mass is 9.81. The predicted octanol–water partition coefficient (Wildman–Crippen LogP) is 3.21. The van der Waals surface area contributed by atoms with E-state index in [-0.39, 0.29) is 23.8 Å². The van der Waals surface area contributed by atoms with Crippen molar-refractivity contribution in [2.75, 3.05) is 13.1 Å². The van der Waals surface area contributed by atoms with E-state index in [0.29, 0.717) is 36.7 Å². The summed E-state index contributed by atoms with van der Waals surface area (Å²) >= 11 is 6.11. The molecule has 1 aliphatic carbocycles. The van der Waals surface area contributed by atoms with Gasteiger partial charge in [-0.25, -0.2) is 0 Å². The van der Waals surface area contributed by atoms with Crippen LogP contribution in [0.15, 0.2) is 24.3 Å². The van der Waals surface area contributed by atoms with Crippen molar-refractivity contribution in [1.29, 1.82) is 0 Å². The van der Waals surface area contributed by atoms with Gasteiger partial charge in [0.05, 0.1) is 17.5 Å². The zero-order valence-electron chi connectivity index (χ0n) is 13.5. The van der Waals surface area contributed by atoms with E-state index < -0.39 is 5.97 Å². The van der Waals surface area contributed by atoms with Crippen LogP contribution in [0.3, 0.4) is 0 Å². The molecule has 2 fully saturated rings. The van der Waals surface area contributed by atoms with E-state index in [9.17, 15) is 14.7 Å². The number of para-hydroxylation sites is 1. The van der Waals surface area contributed by atoms with Crippen LogP contribution in [0.4, 0.5) is 0 Å². The number of likely N-dealkylation sites (tertiary alicyclic amines) is 1. The summed E-state index contributed by atoms with van der Waals surface area (Å²) in [6.07, 6.45) is 3.44. The summed E-state index contributed by atoms with van der Waals surface area (Å²) in [6.45, 7) is 1.19. The summed E-state index contributed by atoms with van der Waals surface area (Å²) in [4.78, 5) is 25.7. The van der Waals surface area contributed by atoms with Gasteiger partial charge < -0.3 is 14.7 Å². The van der Waals surface area contributed by atoms with E-state index in [2.05, 4.69) is 0 Å². The second-order valence-electron chi connectivity index (χ2n) is 6.64. The van der Waals surface area contributed by atoms with Gasteiger partial charge in [-0.3, -0.25) is 9.59 Å². The van der Waals surface area contributed by atoms with Gasteiger partial charge in [0, 0.05) is 18.9 Å². The number of nitrogens with zero attached hydrogens (tertiary/aromatic N) is 1. The Hall–Kier alpha value is -1.75.